The van der Waals surface area contributed by atoms with Crippen LogP contribution in [0.25, 0.3) is 0 Å². The molecule has 0 aromatic heterocycles. The van der Waals surface area contributed by atoms with Gasteiger partial charge in [0.15, 0.2) is 0 Å². The maximum Gasteiger partial charge on any atom is 0.123 e. The van der Waals surface area contributed by atoms with Crippen LogP contribution in [0.4, 0.5) is 4.39 Å². The minimum absolute atomic E-state index is 0.319. The van der Waals surface area contributed by atoms with Crippen molar-refractivity contribution >= 4 is 0 Å². The molecule has 0 N–H and O–H groups in total. The predicted molar refractivity (Wildman–Crippen MR) is 24.9 cm³/mol. The van der Waals surface area contributed by atoms with Crippen molar-refractivity contribution in [2.75, 3.05) is 13.2 Å². The molecule has 1 aliphatic rings. The predicted octanol–water partition coefficient (Wildman–Crippen LogP) is 1.13. The van der Waals surface area contributed by atoms with Crippen molar-refractivity contribution in [1.82, 2.24) is 0 Å². The van der Waals surface area contributed by atoms with Crippen LogP contribution in [-0.2, 0) is 4.74 Å². The van der Waals surface area contributed by atoms with Gasteiger partial charge in [0, 0.05) is 6.61 Å². The molecule has 1 aliphatic heterocycles. The largest absolute Gasteiger partial charge is 0.378 e. The molecule has 1 nitrogen and oxygen atoms in total. The molecule has 42 valence electrons. The number of halogens is 1. The molecule has 0 aromatic rings. The van der Waals surface area contributed by atoms with Crippen LogP contribution in [0.15, 0.2) is 0 Å². The zero-order chi connectivity index (χ0) is 5.11. The second kappa shape index (κ2) is 2.26. The van der Waals surface area contributed by atoms with E-state index in [1.165, 1.54) is 0 Å². The highest BCUT2D eigenvalue weighted by molar-refractivity contribution is 4.58. The molecule has 0 aliphatic carbocycles. The van der Waals surface area contributed by atoms with Crippen molar-refractivity contribution in [1.29, 1.82) is 0 Å². The Bertz CT molecular complexity index is 50.0. The first-order valence-electron chi connectivity index (χ1n) is 2.61. The summed E-state index contributed by atoms with van der Waals surface area (Å²) in [7, 11) is 0. The van der Waals surface area contributed by atoms with E-state index in [1.807, 2.05) is 0 Å². The van der Waals surface area contributed by atoms with Gasteiger partial charge in [-0.3, -0.25) is 0 Å². The summed E-state index contributed by atoms with van der Waals surface area (Å²) in [6, 6.07) is 0. The van der Waals surface area contributed by atoms with E-state index in [-0.39, 0.29) is 0 Å². The van der Waals surface area contributed by atoms with Crippen molar-refractivity contribution in [3.8, 4) is 0 Å². The summed E-state index contributed by atoms with van der Waals surface area (Å²) in [6.45, 7) is 1.07. The SMILES string of the molecule is FC1CCCOC1. The van der Waals surface area contributed by atoms with Crippen LogP contribution in [0.1, 0.15) is 12.8 Å². The topological polar surface area (TPSA) is 9.23 Å². The van der Waals surface area contributed by atoms with Gasteiger partial charge >= 0.3 is 0 Å². The standard InChI is InChI=1S/C5H9FO/c6-5-2-1-3-7-4-5/h5H,1-4H2. The third-order valence-corrected chi connectivity index (χ3v) is 1.10. The Morgan fingerprint density at radius 3 is 2.71 bits per heavy atom. The molecule has 0 saturated carbocycles. The fraction of sp³-hybridized carbons (Fsp3) is 1.00. The van der Waals surface area contributed by atoms with Crippen LogP contribution in [0.3, 0.4) is 0 Å². The Kier molecular flexibility index (Phi) is 1.63. The molecule has 0 spiro atoms. The lowest BCUT2D eigenvalue weighted by atomic mass is 10.2. The van der Waals surface area contributed by atoms with Gasteiger partial charge in [-0.05, 0) is 12.8 Å². The van der Waals surface area contributed by atoms with E-state index in [0.717, 1.165) is 13.0 Å². The smallest absolute Gasteiger partial charge is 0.123 e. The highest BCUT2D eigenvalue weighted by Gasteiger charge is 2.10. The molecule has 0 radical (unpaired) electrons. The third-order valence-electron chi connectivity index (χ3n) is 1.10. The second-order valence-corrected chi connectivity index (χ2v) is 1.81. The van der Waals surface area contributed by atoms with Gasteiger partial charge in [0.1, 0.15) is 6.17 Å². The fourth-order valence-corrected chi connectivity index (χ4v) is 0.701. The third kappa shape index (κ3) is 1.43. The van der Waals surface area contributed by atoms with E-state index in [9.17, 15) is 4.39 Å². The summed E-state index contributed by atoms with van der Waals surface area (Å²) in [4.78, 5) is 0. The Balaban J connectivity index is 2.12. The Labute approximate surface area is 42.5 Å². The number of ether oxygens (including phenoxy) is 1. The van der Waals surface area contributed by atoms with Crippen molar-refractivity contribution in [2.24, 2.45) is 0 Å². The van der Waals surface area contributed by atoms with Gasteiger partial charge in [0.25, 0.3) is 0 Å². The zero-order valence-corrected chi connectivity index (χ0v) is 4.19. The van der Waals surface area contributed by atoms with E-state index < -0.39 is 6.17 Å². The van der Waals surface area contributed by atoms with Crippen molar-refractivity contribution in [2.45, 2.75) is 19.0 Å². The molecule has 1 heterocycles. The molecule has 0 amide bonds. The number of alkyl halides is 1. The van der Waals surface area contributed by atoms with Crippen molar-refractivity contribution < 1.29 is 9.13 Å². The highest BCUT2D eigenvalue weighted by atomic mass is 19.1. The van der Waals surface area contributed by atoms with Crippen LogP contribution in [0.2, 0.25) is 0 Å². The van der Waals surface area contributed by atoms with Gasteiger partial charge in [-0.15, -0.1) is 0 Å². The Hall–Kier alpha value is -0.110. The molecule has 1 unspecified atom stereocenters. The molecular formula is C5H9FO. The van der Waals surface area contributed by atoms with Crippen molar-refractivity contribution in [3.05, 3.63) is 0 Å². The van der Waals surface area contributed by atoms with Gasteiger partial charge in [-0.1, -0.05) is 0 Å². The lowest BCUT2D eigenvalue weighted by molar-refractivity contribution is 0.0366. The molecule has 1 fully saturated rings. The Morgan fingerprint density at radius 2 is 2.43 bits per heavy atom. The quantitative estimate of drug-likeness (QED) is 0.447. The van der Waals surface area contributed by atoms with Crippen LogP contribution in [0.5, 0.6) is 0 Å². The number of hydrogen-bond acceptors (Lipinski definition) is 1. The van der Waals surface area contributed by atoms with E-state index in [1.54, 1.807) is 0 Å². The van der Waals surface area contributed by atoms with Gasteiger partial charge in [-0.25, -0.2) is 4.39 Å². The van der Waals surface area contributed by atoms with Gasteiger partial charge in [0.05, 0.1) is 6.61 Å². The summed E-state index contributed by atoms with van der Waals surface area (Å²) >= 11 is 0. The summed E-state index contributed by atoms with van der Waals surface area (Å²) in [5.41, 5.74) is 0. The summed E-state index contributed by atoms with van der Waals surface area (Å²) in [5.74, 6) is 0. The summed E-state index contributed by atoms with van der Waals surface area (Å²) in [6.07, 6.45) is 0.898. The average Bonchev–Trinajstić information content (AvgIpc) is 1.69. The monoisotopic (exact) mass is 104 g/mol. The highest BCUT2D eigenvalue weighted by Crippen LogP contribution is 2.07. The number of rotatable bonds is 0. The van der Waals surface area contributed by atoms with Gasteiger partial charge < -0.3 is 4.74 Å². The normalized spacial score (nSPS) is 33.0. The zero-order valence-electron chi connectivity index (χ0n) is 4.19. The second-order valence-electron chi connectivity index (χ2n) is 1.81. The average molecular weight is 104 g/mol. The van der Waals surface area contributed by atoms with E-state index in [2.05, 4.69) is 0 Å². The first-order chi connectivity index (χ1) is 3.39. The molecule has 0 bridgehead atoms. The van der Waals surface area contributed by atoms with Crippen molar-refractivity contribution in [3.63, 3.8) is 0 Å². The minimum Gasteiger partial charge on any atom is -0.378 e. The summed E-state index contributed by atoms with van der Waals surface area (Å²) in [5, 5.41) is 0. The van der Waals surface area contributed by atoms with Crippen LogP contribution in [-0.4, -0.2) is 19.4 Å². The van der Waals surface area contributed by atoms with Crippen LogP contribution < -0.4 is 0 Å². The lowest BCUT2D eigenvalue weighted by Gasteiger charge is -2.13. The van der Waals surface area contributed by atoms with E-state index >= 15 is 0 Å². The molecular weight excluding hydrogens is 95.1 g/mol. The van der Waals surface area contributed by atoms with E-state index in [4.69, 9.17) is 4.74 Å². The molecule has 1 rings (SSSR count). The first-order valence-corrected chi connectivity index (χ1v) is 2.61. The summed E-state index contributed by atoms with van der Waals surface area (Å²) < 4.78 is 16.9. The molecule has 2 heteroatoms. The molecule has 1 atom stereocenters. The maximum atomic E-state index is 12.1. The number of hydrogen-bond donors (Lipinski definition) is 0. The van der Waals surface area contributed by atoms with Gasteiger partial charge in [-0.2, -0.15) is 0 Å². The Morgan fingerprint density at radius 1 is 1.57 bits per heavy atom. The first kappa shape index (κ1) is 5.04. The fourth-order valence-electron chi connectivity index (χ4n) is 0.701. The molecule has 0 aromatic carbocycles. The lowest BCUT2D eigenvalue weighted by Crippen LogP contribution is -2.17. The maximum absolute atomic E-state index is 12.1. The van der Waals surface area contributed by atoms with Gasteiger partial charge in [0.2, 0.25) is 0 Å². The van der Waals surface area contributed by atoms with E-state index in [0.29, 0.717) is 13.0 Å². The molecule has 1 saturated heterocycles. The minimum atomic E-state index is -0.686. The molecule has 7 heavy (non-hydrogen) atoms. The van der Waals surface area contributed by atoms with Crippen LogP contribution >= 0.6 is 0 Å². The van der Waals surface area contributed by atoms with Crippen LogP contribution in [0, 0.1) is 0 Å².